The molecule has 21 heavy (non-hydrogen) atoms. The number of anilines is 1. The van der Waals surface area contributed by atoms with E-state index in [1.54, 1.807) is 0 Å². The van der Waals surface area contributed by atoms with Gasteiger partial charge in [-0.25, -0.2) is 13.2 Å². The summed E-state index contributed by atoms with van der Waals surface area (Å²) in [7, 11) is -4.13. The fourth-order valence-corrected chi connectivity index (χ4v) is 3.49. The van der Waals surface area contributed by atoms with E-state index in [1.165, 1.54) is 6.07 Å². The largest absolute Gasteiger partial charge is 0.478 e. The normalized spacial score (nSPS) is 19.0. The van der Waals surface area contributed by atoms with E-state index in [9.17, 15) is 18.0 Å². The molecule has 5 N–H and O–H groups in total. The molecule has 8 nitrogen and oxygen atoms in total. The van der Waals surface area contributed by atoms with Gasteiger partial charge in [0.05, 0.1) is 10.5 Å². The third-order valence-electron chi connectivity index (χ3n) is 3.11. The SMILES string of the molecule is Nc1ccc(S(=O)(=O)NC2CCCNC2=O)c(C(=O)O)c1. The number of aromatic carboxylic acids is 1. The molecule has 9 heteroatoms. The molecule has 1 aliphatic heterocycles. The van der Waals surface area contributed by atoms with Crippen LogP contribution in [0.4, 0.5) is 5.69 Å². The van der Waals surface area contributed by atoms with Gasteiger partial charge in [0.2, 0.25) is 15.9 Å². The van der Waals surface area contributed by atoms with Crippen molar-refractivity contribution >= 4 is 27.6 Å². The number of carboxylic acid groups (broad SMARTS) is 1. The summed E-state index contributed by atoms with van der Waals surface area (Å²) in [5, 5.41) is 11.6. The van der Waals surface area contributed by atoms with Crippen molar-refractivity contribution in [3.8, 4) is 0 Å². The van der Waals surface area contributed by atoms with E-state index in [2.05, 4.69) is 10.0 Å². The molecule has 0 bridgehead atoms. The number of nitrogens with two attached hydrogens (primary N) is 1. The predicted octanol–water partition coefficient (Wildman–Crippen LogP) is -0.476. The Bertz CT molecular complexity index is 686. The van der Waals surface area contributed by atoms with Crippen molar-refractivity contribution in [2.75, 3.05) is 12.3 Å². The molecule has 114 valence electrons. The van der Waals surface area contributed by atoms with E-state index in [-0.39, 0.29) is 5.69 Å². The average Bonchev–Trinajstić information content (AvgIpc) is 2.40. The van der Waals surface area contributed by atoms with E-state index in [1.807, 2.05) is 0 Å². The van der Waals surface area contributed by atoms with Crippen molar-refractivity contribution in [1.29, 1.82) is 0 Å². The van der Waals surface area contributed by atoms with Gasteiger partial charge in [0.15, 0.2) is 0 Å². The number of carbonyl (C=O) groups is 2. The van der Waals surface area contributed by atoms with Crippen LogP contribution in [0.5, 0.6) is 0 Å². The van der Waals surface area contributed by atoms with Crippen LogP contribution in [-0.4, -0.2) is 38.0 Å². The van der Waals surface area contributed by atoms with Crippen LogP contribution >= 0.6 is 0 Å². The maximum atomic E-state index is 12.3. The molecule has 1 aromatic rings. The standard InChI is InChI=1S/C12H15N3O5S/c13-7-3-4-10(8(6-7)12(17)18)21(19,20)15-9-2-1-5-14-11(9)16/h3-4,6,9,15H,1-2,5,13H2,(H,14,16)(H,17,18). The lowest BCUT2D eigenvalue weighted by Gasteiger charge is -2.23. The zero-order valence-corrected chi connectivity index (χ0v) is 11.8. The minimum absolute atomic E-state index is 0.141. The number of piperidine rings is 1. The van der Waals surface area contributed by atoms with Gasteiger partial charge in [0.25, 0.3) is 0 Å². The molecule has 2 rings (SSSR count). The highest BCUT2D eigenvalue weighted by Gasteiger charge is 2.30. The van der Waals surface area contributed by atoms with Crippen LogP contribution < -0.4 is 15.8 Å². The zero-order chi connectivity index (χ0) is 15.6. The lowest BCUT2D eigenvalue weighted by Crippen LogP contribution is -2.50. The summed E-state index contributed by atoms with van der Waals surface area (Å²) in [6, 6.07) is 2.57. The van der Waals surface area contributed by atoms with Gasteiger partial charge in [0, 0.05) is 12.2 Å². The van der Waals surface area contributed by atoms with Crippen molar-refractivity contribution in [3.05, 3.63) is 23.8 Å². The molecular formula is C12H15N3O5S. The summed E-state index contributed by atoms with van der Waals surface area (Å²) >= 11 is 0. The van der Waals surface area contributed by atoms with Crippen LogP contribution in [0.15, 0.2) is 23.1 Å². The second-order valence-corrected chi connectivity index (χ2v) is 6.35. The second-order valence-electron chi connectivity index (χ2n) is 4.67. The number of nitrogens with one attached hydrogen (secondary N) is 2. The highest BCUT2D eigenvalue weighted by atomic mass is 32.2. The summed E-state index contributed by atoms with van der Waals surface area (Å²) < 4.78 is 26.8. The lowest BCUT2D eigenvalue weighted by molar-refractivity contribution is -0.124. The Labute approximate surface area is 121 Å². The summed E-state index contributed by atoms with van der Waals surface area (Å²) in [6.45, 7) is 0.499. The Morgan fingerprint density at radius 1 is 1.43 bits per heavy atom. The number of carboxylic acids is 1. The minimum atomic E-state index is -4.13. The first-order chi connectivity index (χ1) is 9.81. The highest BCUT2D eigenvalue weighted by molar-refractivity contribution is 7.89. The van der Waals surface area contributed by atoms with Crippen LogP contribution in [0.2, 0.25) is 0 Å². The van der Waals surface area contributed by atoms with Gasteiger partial charge in [-0.1, -0.05) is 0 Å². The molecule has 0 radical (unpaired) electrons. The summed E-state index contributed by atoms with van der Waals surface area (Å²) in [6.07, 6.45) is 1.01. The number of hydrogen-bond acceptors (Lipinski definition) is 5. The van der Waals surface area contributed by atoms with Gasteiger partial charge < -0.3 is 16.2 Å². The number of nitrogen functional groups attached to an aromatic ring is 1. The molecule has 1 heterocycles. The molecule has 1 saturated heterocycles. The van der Waals surface area contributed by atoms with Crippen molar-refractivity contribution in [1.82, 2.24) is 10.0 Å². The molecule has 1 aliphatic rings. The smallest absolute Gasteiger partial charge is 0.337 e. The Morgan fingerprint density at radius 2 is 2.14 bits per heavy atom. The highest BCUT2D eigenvalue weighted by Crippen LogP contribution is 2.20. The molecular weight excluding hydrogens is 298 g/mol. The summed E-state index contributed by atoms with van der Waals surface area (Å²) in [5.74, 6) is -1.83. The van der Waals surface area contributed by atoms with Crippen LogP contribution in [0.3, 0.4) is 0 Å². The summed E-state index contributed by atoms with van der Waals surface area (Å²) in [4.78, 5) is 22.3. The fraction of sp³-hybridized carbons (Fsp3) is 0.333. The van der Waals surface area contributed by atoms with E-state index in [0.29, 0.717) is 19.4 Å². The van der Waals surface area contributed by atoms with E-state index < -0.39 is 38.4 Å². The van der Waals surface area contributed by atoms with Gasteiger partial charge in [-0.15, -0.1) is 0 Å². The fourth-order valence-electron chi connectivity index (χ4n) is 2.08. The number of rotatable bonds is 4. The molecule has 0 saturated carbocycles. The number of benzene rings is 1. The molecule has 0 spiro atoms. The molecule has 1 amide bonds. The first kappa shape index (κ1) is 15.3. The quantitative estimate of drug-likeness (QED) is 0.554. The van der Waals surface area contributed by atoms with Crippen molar-refractivity contribution in [2.24, 2.45) is 0 Å². The van der Waals surface area contributed by atoms with Gasteiger partial charge in [-0.3, -0.25) is 4.79 Å². The van der Waals surface area contributed by atoms with Crippen LogP contribution in [0, 0.1) is 0 Å². The predicted molar refractivity (Wildman–Crippen MR) is 74.2 cm³/mol. The maximum absolute atomic E-state index is 12.3. The Hall–Kier alpha value is -2.13. The molecule has 0 aromatic heterocycles. The van der Waals surface area contributed by atoms with Crippen LogP contribution in [-0.2, 0) is 14.8 Å². The Balaban J connectivity index is 2.35. The molecule has 1 atom stereocenters. The van der Waals surface area contributed by atoms with E-state index in [0.717, 1.165) is 12.1 Å². The number of sulfonamides is 1. The van der Waals surface area contributed by atoms with E-state index in [4.69, 9.17) is 10.8 Å². The Kier molecular flexibility index (Phi) is 4.14. The third kappa shape index (κ3) is 3.31. The van der Waals surface area contributed by atoms with Gasteiger partial charge in [-0.2, -0.15) is 4.72 Å². The maximum Gasteiger partial charge on any atom is 0.337 e. The van der Waals surface area contributed by atoms with Crippen molar-refractivity contribution in [3.63, 3.8) is 0 Å². The van der Waals surface area contributed by atoms with Crippen molar-refractivity contribution in [2.45, 2.75) is 23.8 Å². The summed E-state index contributed by atoms with van der Waals surface area (Å²) in [5.41, 5.74) is 5.18. The first-order valence-electron chi connectivity index (χ1n) is 6.24. The average molecular weight is 313 g/mol. The third-order valence-corrected chi connectivity index (χ3v) is 4.64. The first-order valence-corrected chi connectivity index (χ1v) is 7.72. The van der Waals surface area contributed by atoms with Crippen LogP contribution in [0.25, 0.3) is 0 Å². The van der Waals surface area contributed by atoms with Gasteiger partial charge >= 0.3 is 5.97 Å². The van der Waals surface area contributed by atoms with E-state index >= 15 is 0 Å². The number of hydrogen-bond donors (Lipinski definition) is 4. The molecule has 1 unspecified atom stereocenters. The van der Waals surface area contributed by atoms with Gasteiger partial charge in [0.1, 0.15) is 6.04 Å². The van der Waals surface area contributed by atoms with Gasteiger partial charge in [-0.05, 0) is 31.0 Å². The minimum Gasteiger partial charge on any atom is -0.478 e. The van der Waals surface area contributed by atoms with Crippen molar-refractivity contribution < 1.29 is 23.1 Å². The number of amides is 1. The molecule has 1 fully saturated rings. The molecule has 0 aliphatic carbocycles. The molecule has 1 aromatic carbocycles. The van der Waals surface area contributed by atoms with Crippen LogP contribution in [0.1, 0.15) is 23.2 Å². The zero-order valence-electron chi connectivity index (χ0n) is 11.0. The topological polar surface area (TPSA) is 139 Å². The Morgan fingerprint density at radius 3 is 2.76 bits per heavy atom. The monoisotopic (exact) mass is 313 g/mol. The second kappa shape index (κ2) is 5.70. The number of carbonyl (C=O) groups excluding carboxylic acids is 1. The lowest BCUT2D eigenvalue weighted by atomic mass is 10.1.